The van der Waals surface area contributed by atoms with E-state index in [2.05, 4.69) is 11.3 Å². The maximum Gasteiger partial charge on any atom is 0.301 e. The van der Waals surface area contributed by atoms with E-state index in [1.165, 1.54) is 11.4 Å². The number of anilines is 1. The third kappa shape index (κ3) is 4.21. The van der Waals surface area contributed by atoms with E-state index in [1.54, 1.807) is 18.2 Å². The number of hydrogen-bond donors (Lipinski definition) is 1. The van der Waals surface area contributed by atoms with Crippen molar-refractivity contribution in [1.29, 1.82) is 0 Å². The van der Waals surface area contributed by atoms with Gasteiger partial charge in [0.1, 0.15) is 0 Å². The highest BCUT2D eigenvalue weighted by atomic mass is 32.2. The van der Waals surface area contributed by atoms with Crippen LogP contribution >= 0.6 is 0 Å². The normalized spacial score (nSPS) is 13.8. The molecule has 110 valence electrons. The van der Waals surface area contributed by atoms with Crippen LogP contribution in [0.4, 0.5) is 5.69 Å². The van der Waals surface area contributed by atoms with Gasteiger partial charge in [0, 0.05) is 13.1 Å². The largest absolute Gasteiger partial charge is 0.301 e. The number of benzene rings is 1. The highest BCUT2D eigenvalue weighted by Crippen LogP contribution is 2.16. The Morgan fingerprint density at radius 2 is 2.00 bits per heavy atom. The Bertz CT molecular complexity index is 565. The van der Waals surface area contributed by atoms with Gasteiger partial charge in [-0.3, -0.25) is 4.31 Å². The number of hydrogen-bond acceptors (Lipinski definition) is 2. The zero-order chi connectivity index (χ0) is 15.2. The van der Waals surface area contributed by atoms with E-state index in [0.717, 1.165) is 5.57 Å². The first kappa shape index (κ1) is 16.5. The van der Waals surface area contributed by atoms with Crippen molar-refractivity contribution in [3.63, 3.8) is 0 Å². The van der Waals surface area contributed by atoms with Crippen LogP contribution in [0.3, 0.4) is 0 Å². The Morgan fingerprint density at radius 3 is 2.50 bits per heavy atom. The monoisotopic (exact) mass is 294 g/mol. The minimum Gasteiger partial charge on any atom is -0.261 e. The van der Waals surface area contributed by atoms with Gasteiger partial charge < -0.3 is 0 Å². The highest BCUT2D eigenvalue weighted by molar-refractivity contribution is 7.90. The maximum atomic E-state index is 12.4. The first-order valence-corrected chi connectivity index (χ1v) is 7.96. The van der Waals surface area contributed by atoms with Crippen LogP contribution in [0.1, 0.15) is 20.3 Å². The third-order valence-corrected chi connectivity index (χ3v) is 4.62. The van der Waals surface area contributed by atoms with Crippen LogP contribution in [-0.2, 0) is 10.2 Å². The Kier molecular flexibility index (Phi) is 5.98. The molecule has 20 heavy (non-hydrogen) atoms. The summed E-state index contributed by atoms with van der Waals surface area (Å²) in [7, 11) is -2.04. The van der Waals surface area contributed by atoms with Gasteiger partial charge in [-0.2, -0.15) is 13.1 Å². The van der Waals surface area contributed by atoms with Crippen LogP contribution in [-0.4, -0.2) is 21.5 Å². The van der Waals surface area contributed by atoms with Crippen LogP contribution in [0.2, 0.25) is 0 Å². The molecule has 1 aromatic rings. The van der Waals surface area contributed by atoms with Crippen LogP contribution in [0.25, 0.3) is 0 Å². The van der Waals surface area contributed by atoms with Crippen molar-refractivity contribution < 1.29 is 8.42 Å². The molecular weight excluding hydrogens is 272 g/mol. The van der Waals surface area contributed by atoms with Gasteiger partial charge in [0.05, 0.1) is 5.69 Å². The second kappa shape index (κ2) is 7.26. The lowest BCUT2D eigenvalue weighted by Gasteiger charge is -2.24. The van der Waals surface area contributed by atoms with Crippen molar-refractivity contribution in [2.75, 3.05) is 11.4 Å². The van der Waals surface area contributed by atoms with Crippen molar-refractivity contribution >= 4 is 15.9 Å². The lowest BCUT2D eigenvalue weighted by atomic mass is 10.1. The molecule has 1 N–H and O–H groups in total. The number of allylic oxidation sites excluding steroid dienone is 2. The van der Waals surface area contributed by atoms with Crippen molar-refractivity contribution in [1.82, 2.24) is 4.72 Å². The zero-order valence-corrected chi connectivity index (χ0v) is 13.0. The van der Waals surface area contributed by atoms with Gasteiger partial charge >= 0.3 is 10.2 Å². The summed E-state index contributed by atoms with van der Waals surface area (Å²) in [6.45, 7) is 7.46. The molecular formula is C15H22N2O2S. The molecule has 0 heterocycles. The summed E-state index contributed by atoms with van der Waals surface area (Å²) in [6.07, 6.45) is 4.16. The van der Waals surface area contributed by atoms with Crippen LogP contribution in [0.5, 0.6) is 0 Å². The van der Waals surface area contributed by atoms with Crippen molar-refractivity contribution in [3.05, 3.63) is 54.6 Å². The van der Waals surface area contributed by atoms with Crippen molar-refractivity contribution in [2.24, 2.45) is 0 Å². The number of rotatable bonds is 7. The van der Waals surface area contributed by atoms with Gasteiger partial charge in [0.25, 0.3) is 0 Å². The molecule has 0 amide bonds. The van der Waals surface area contributed by atoms with Crippen LogP contribution in [0.15, 0.2) is 54.6 Å². The molecule has 0 aliphatic carbocycles. The van der Waals surface area contributed by atoms with Gasteiger partial charge in [-0.05, 0) is 25.5 Å². The first-order valence-electron chi connectivity index (χ1n) is 6.52. The lowest BCUT2D eigenvalue weighted by molar-refractivity contribution is 0.560. The number of nitrogens with one attached hydrogen (secondary N) is 1. The van der Waals surface area contributed by atoms with E-state index in [0.29, 0.717) is 12.1 Å². The molecule has 0 saturated carbocycles. The summed E-state index contributed by atoms with van der Waals surface area (Å²) >= 11 is 0. The zero-order valence-electron chi connectivity index (χ0n) is 12.2. The summed E-state index contributed by atoms with van der Waals surface area (Å²) in [4.78, 5) is 0. The molecule has 1 rings (SSSR count). The molecule has 0 unspecified atom stereocenters. The second-order valence-corrected chi connectivity index (χ2v) is 6.27. The number of nitrogens with zero attached hydrogens (tertiary/aromatic N) is 1. The smallest absolute Gasteiger partial charge is 0.261 e. The minimum absolute atomic E-state index is 0.232. The second-order valence-electron chi connectivity index (χ2n) is 4.53. The van der Waals surface area contributed by atoms with E-state index in [9.17, 15) is 8.42 Å². The fourth-order valence-corrected chi connectivity index (χ4v) is 3.11. The standard InChI is InChI=1S/C15H22N2O2S/c1-5-10-13(3)15(6-2)16-20(18,19)17(4)14-11-8-7-9-12-14/h5,7-12,15-16H,1,6H2,2-4H3/t15-/m0/s1. The molecule has 4 nitrogen and oxygen atoms in total. The third-order valence-electron chi connectivity index (χ3n) is 3.11. The summed E-state index contributed by atoms with van der Waals surface area (Å²) in [5.74, 6) is 0. The minimum atomic E-state index is -3.58. The molecule has 0 fully saturated rings. The molecule has 1 aromatic carbocycles. The fraction of sp³-hybridized carbons (Fsp3) is 0.333. The molecule has 0 saturated heterocycles. The molecule has 0 radical (unpaired) electrons. The average molecular weight is 294 g/mol. The van der Waals surface area contributed by atoms with Crippen molar-refractivity contribution in [2.45, 2.75) is 26.3 Å². The lowest BCUT2D eigenvalue weighted by Crippen LogP contribution is -2.44. The van der Waals surface area contributed by atoms with E-state index < -0.39 is 10.2 Å². The molecule has 0 bridgehead atoms. The Balaban J connectivity index is 2.94. The first-order chi connectivity index (χ1) is 9.42. The van der Waals surface area contributed by atoms with Crippen LogP contribution < -0.4 is 9.03 Å². The Morgan fingerprint density at radius 1 is 1.40 bits per heavy atom. The van der Waals surface area contributed by atoms with Gasteiger partial charge in [0.2, 0.25) is 0 Å². The molecule has 0 spiro atoms. The topological polar surface area (TPSA) is 49.4 Å². The summed E-state index contributed by atoms with van der Waals surface area (Å²) in [6, 6.07) is 8.75. The van der Waals surface area contributed by atoms with E-state index in [-0.39, 0.29) is 6.04 Å². The predicted octanol–water partition coefficient (Wildman–Crippen LogP) is 2.87. The van der Waals surface area contributed by atoms with E-state index >= 15 is 0 Å². The predicted molar refractivity (Wildman–Crippen MR) is 84.9 cm³/mol. The quantitative estimate of drug-likeness (QED) is 0.786. The maximum absolute atomic E-state index is 12.4. The summed E-state index contributed by atoms with van der Waals surface area (Å²) in [5, 5.41) is 0. The number of para-hydroxylation sites is 1. The fourth-order valence-electron chi connectivity index (χ4n) is 1.84. The van der Waals surface area contributed by atoms with Gasteiger partial charge in [-0.15, -0.1) is 0 Å². The van der Waals surface area contributed by atoms with Gasteiger partial charge in [0.15, 0.2) is 0 Å². The Hall–Kier alpha value is -1.59. The van der Waals surface area contributed by atoms with Crippen LogP contribution in [0, 0.1) is 0 Å². The molecule has 5 heteroatoms. The average Bonchev–Trinajstić information content (AvgIpc) is 2.45. The Labute approximate surface area is 122 Å². The van der Waals surface area contributed by atoms with E-state index in [4.69, 9.17) is 0 Å². The summed E-state index contributed by atoms with van der Waals surface area (Å²) < 4.78 is 28.7. The molecule has 0 aliphatic heterocycles. The summed E-state index contributed by atoms with van der Waals surface area (Å²) in [5.41, 5.74) is 1.56. The SMILES string of the molecule is C=CC=C(C)[C@H](CC)NS(=O)(=O)N(C)c1ccccc1. The van der Waals surface area contributed by atoms with Gasteiger partial charge in [-0.25, -0.2) is 0 Å². The van der Waals surface area contributed by atoms with Crippen molar-refractivity contribution in [3.8, 4) is 0 Å². The molecule has 1 atom stereocenters. The molecule has 0 aromatic heterocycles. The highest BCUT2D eigenvalue weighted by Gasteiger charge is 2.22. The van der Waals surface area contributed by atoms with Gasteiger partial charge in [-0.1, -0.05) is 49.4 Å². The van der Waals surface area contributed by atoms with E-state index in [1.807, 2.05) is 38.1 Å². The molecule has 0 aliphatic rings.